The third-order valence-electron chi connectivity index (χ3n) is 3.39. The van der Waals surface area contributed by atoms with Crippen molar-refractivity contribution in [1.82, 2.24) is 8.61 Å². The van der Waals surface area contributed by atoms with E-state index in [0.717, 1.165) is 14.9 Å². The van der Waals surface area contributed by atoms with Gasteiger partial charge in [-0.1, -0.05) is 15.9 Å². The number of sulfonamides is 2. The fourth-order valence-corrected chi connectivity index (χ4v) is 4.83. The molecule has 1 saturated heterocycles. The number of benzene rings is 1. The summed E-state index contributed by atoms with van der Waals surface area (Å²) in [6, 6.07) is 5.90. The van der Waals surface area contributed by atoms with Gasteiger partial charge < -0.3 is 10.5 Å². The lowest BCUT2D eigenvalue weighted by molar-refractivity contribution is 0.00304. The van der Waals surface area contributed by atoms with Gasteiger partial charge in [0, 0.05) is 17.6 Å². The van der Waals surface area contributed by atoms with E-state index in [0.29, 0.717) is 4.47 Å². The SMILES string of the molecule is CS(=O)(=O)N1CCN(S(=O)(=O)c2ccc(Br)cc2)[C@H](OC(N)=O)C1. The van der Waals surface area contributed by atoms with Crippen molar-refractivity contribution in [3.63, 3.8) is 0 Å². The predicted octanol–water partition coefficient (Wildman–Crippen LogP) is 0.136. The van der Waals surface area contributed by atoms with Crippen LogP contribution in [0.3, 0.4) is 0 Å². The van der Waals surface area contributed by atoms with Crippen molar-refractivity contribution in [3.05, 3.63) is 28.7 Å². The molecule has 0 bridgehead atoms. The number of nitrogens with zero attached hydrogens (tertiary/aromatic N) is 2. The van der Waals surface area contributed by atoms with Crippen LogP contribution in [-0.4, -0.2) is 63.7 Å². The summed E-state index contributed by atoms with van der Waals surface area (Å²) in [6.07, 6.45) is -1.53. The van der Waals surface area contributed by atoms with Gasteiger partial charge in [-0.2, -0.15) is 8.61 Å². The van der Waals surface area contributed by atoms with Crippen molar-refractivity contribution in [1.29, 1.82) is 0 Å². The van der Waals surface area contributed by atoms with Gasteiger partial charge in [0.05, 0.1) is 17.7 Å². The molecule has 24 heavy (non-hydrogen) atoms. The average molecular weight is 442 g/mol. The molecule has 12 heteroatoms. The Kier molecular flexibility index (Phi) is 5.54. The molecule has 1 atom stereocenters. The molecule has 0 radical (unpaired) electrons. The maximum Gasteiger partial charge on any atom is 0.406 e. The van der Waals surface area contributed by atoms with Crippen LogP contribution < -0.4 is 5.73 Å². The molecule has 1 fully saturated rings. The normalized spacial score (nSPS) is 20.7. The Hall–Kier alpha value is -1.21. The highest BCUT2D eigenvalue weighted by Crippen LogP contribution is 2.24. The maximum absolute atomic E-state index is 12.8. The summed E-state index contributed by atoms with van der Waals surface area (Å²) in [5.41, 5.74) is 4.99. The monoisotopic (exact) mass is 441 g/mol. The molecule has 1 aliphatic rings. The minimum atomic E-state index is -3.98. The summed E-state index contributed by atoms with van der Waals surface area (Å²) >= 11 is 3.21. The highest BCUT2D eigenvalue weighted by Gasteiger charge is 2.40. The van der Waals surface area contributed by atoms with Crippen molar-refractivity contribution in [3.8, 4) is 0 Å². The Morgan fingerprint density at radius 3 is 2.29 bits per heavy atom. The van der Waals surface area contributed by atoms with Gasteiger partial charge in [-0.05, 0) is 24.3 Å². The number of primary amides is 1. The molecule has 0 aromatic heterocycles. The van der Waals surface area contributed by atoms with Crippen LogP contribution in [0.1, 0.15) is 0 Å². The molecule has 0 spiro atoms. The van der Waals surface area contributed by atoms with Crippen LogP contribution >= 0.6 is 15.9 Å². The lowest BCUT2D eigenvalue weighted by atomic mass is 10.4. The minimum absolute atomic E-state index is 0.00317. The van der Waals surface area contributed by atoms with Crippen molar-refractivity contribution >= 4 is 42.1 Å². The smallest absolute Gasteiger partial charge is 0.406 e. The van der Waals surface area contributed by atoms with E-state index in [9.17, 15) is 21.6 Å². The largest absolute Gasteiger partial charge is 0.428 e. The number of carbonyl (C=O) groups excluding carboxylic acids is 1. The summed E-state index contributed by atoms with van der Waals surface area (Å²) < 4.78 is 56.3. The lowest BCUT2D eigenvalue weighted by Crippen LogP contribution is -2.57. The summed E-state index contributed by atoms with van der Waals surface area (Å²) in [5.74, 6) is 0. The highest BCUT2D eigenvalue weighted by atomic mass is 79.9. The van der Waals surface area contributed by atoms with E-state index in [1.807, 2.05) is 0 Å². The van der Waals surface area contributed by atoms with Crippen molar-refractivity contribution in [2.24, 2.45) is 5.73 Å². The molecule has 2 rings (SSSR count). The van der Waals surface area contributed by atoms with Gasteiger partial charge >= 0.3 is 6.09 Å². The molecule has 1 amide bonds. The van der Waals surface area contributed by atoms with Gasteiger partial charge in [-0.25, -0.2) is 21.6 Å². The minimum Gasteiger partial charge on any atom is -0.428 e. The van der Waals surface area contributed by atoms with E-state index in [1.165, 1.54) is 12.1 Å². The average Bonchev–Trinajstić information content (AvgIpc) is 2.46. The second-order valence-corrected chi connectivity index (χ2v) is 9.87. The Morgan fingerprint density at radius 2 is 1.79 bits per heavy atom. The van der Waals surface area contributed by atoms with Crippen LogP contribution in [0.2, 0.25) is 0 Å². The first-order valence-electron chi connectivity index (χ1n) is 6.70. The maximum atomic E-state index is 12.8. The molecular formula is C12H16BrN3O6S2. The van der Waals surface area contributed by atoms with Gasteiger partial charge in [0.1, 0.15) is 0 Å². The number of piperazine rings is 1. The molecule has 134 valence electrons. The van der Waals surface area contributed by atoms with Gasteiger partial charge in [0.2, 0.25) is 20.0 Å². The van der Waals surface area contributed by atoms with E-state index >= 15 is 0 Å². The summed E-state index contributed by atoms with van der Waals surface area (Å²) in [7, 11) is -7.54. The Bertz CT molecular complexity index is 825. The Balaban J connectivity index is 2.36. The van der Waals surface area contributed by atoms with Crippen LogP contribution in [-0.2, 0) is 24.8 Å². The Labute approximate surface area is 148 Å². The molecule has 0 unspecified atom stereocenters. The fraction of sp³-hybridized carbons (Fsp3) is 0.417. The van der Waals surface area contributed by atoms with E-state index in [4.69, 9.17) is 10.5 Å². The van der Waals surface area contributed by atoms with Crippen LogP contribution in [0.25, 0.3) is 0 Å². The first-order chi connectivity index (χ1) is 11.0. The van der Waals surface area contributed by atoms with Gasteiger partial charge in [0.15, 0.2) is 6.23 Å². The molecular weight excluding hydrogens is 426 g/mol. The number of hydrogen-bond donors (Lipinski definition) is 1. The zero-order valence-electron chi connectivity index (χ0n) is 12.6. The number of halogens is 1. The number of amides is 1. The first kappa shape index (κ1) is 19.1. The standard InChI is InChI=1S/C12H16BrN3O6S2/c1-23(18,19)15-6-7-16(11(8-15)22-12(14)17)24(20,21)10-4-2-9(13)3-5-10/h2-5,11H,6-8H2,1H3,(H2,14,17)/t11-/m1/s1. The number of carbonyl (C=O) groups is 1. The van der Waals surface area contributed by atoms with Crippen molar-refractivity contribution in [2.45, 2.75) is 11.1 Å². The van der Waals surface area contributed by atoms with Crippen LogP contribution in [0.5, 0.6) is 0 Å². The fourth-order valence-electron chi connectivity index (χ4n) is 2.26. The second-order valence-electron chi connectivity index (χ2n) is 5.08. The molecule has 1 aromatic rings. The predicted molar refractivity (Wildman–Crippen MR) is 88.9 cm³/mol. The lowest BCUT2D eigenvalue weighted by Gasteiger charge is -2.38. The van der Waals surface area contributed by atoms with E-state index < -0.39 is 32.4 Å². The number of ether oxygens (including phenoxy) is 1. The quantitative estimate of drug-likeness (QED) is 0.707. The third-order valence-corrected chi connectivity index (χ3v) is 7.09. The van der Waals surface area contributed by atoms with Crippen molar-refractivity contribution in [2.75, 3.05) is 25.9 Å². The molecule has 1 heterocycles. The number of rotatable bonds is 4. The molecule has 1 aliphatic heterocycles. The van der Waals surface area contributed by atoms with Crippen LogP contribution in [0.15, 0.2) is 33.6 Å². The van der Waals surface area contributed by atoms with E-state index in [1.54, 1.807) is 12.1 Å². The van der Waals surface area contributed by atoms with Gasteiger partial charge in [-0.15, -0.1) is 0 Å². The molecule has 0 aliphatic carbocycles. The van der Waals surface area contributed by atoms with Crippen LogP contribution in [0.4, 0.5) is 4.79 Å². The molecule has 2 N–H and O–H groups in total. The molecule has 0 saturated carbocycles. The third kappa shape index (κ3) is 4.25. The molecule has 1 aromatic carbocycles. The van der Waals surface area contributed by atoms with Crippen LogP contribution in [0, 0.1) is 0 Å². The zero-order valence-corrected chi connectivity index (χ0v) is 15.8. The summed E-state index contributed by atoms with van der Waals surface area (Å²) in [6.45, 7) is -0.534. The summed E-state index contributed by atoms with van der Waals surface area (Å²) in [5, 5.41) is 0. The number of nitrogens with two attached hydrogens (primary N) is 1. The molecule has 9 nitrogen and oxygen atoms in total. The topological polar surface area (TPSA) is 127 Å². The highest BCUT2D eigenvalue weighted by molar-refractivity contribution is 9.10. The van der Waals surface area contributed by atoms with Gasteiger partial charge in [-0.3, -0.25) is 0 Å². The van der Waals surface area contributed by atoms with E-state index in [-0.39, 0.29) is 24.5 Å². The number of hydrogen-bond acceptors (Lipinski definition) is 6. The Morgan fingerprint density at radius 1 is 1.21 bits per heavy atom. The summed E-state index contributed by atoms with van der Waals surface area (Å²) in [4.78, 5) is 11.1. The first-order valence-corrected chi connectivity index (χ1v) is 10.8. The van der Waals surface area contributed by atoms with Crippen molar-refractivity contribution < 1.29 is 26.4 Å². The van der Waals surface area contributed by atoms with Gasteiger partial charge in [0.25, 0.3) is 0 Å². The zero-order chi connectivity index (χ0) is 18.1. The second kappa shape index (κ2) is 6.96. The van der Waals surface area contributed by atoms with E-state index in [2.05, 4.69) is 15.9 Å².